The standard InChI is InChI=1S/C10H13BrFNO.ClH/c1-5-3-8(14)9(7(13)4-12)6(2)10(5)11;/h3,7,14H,4,13H2,1-2H3;1H/t7-;/m1./s1. The highest BCUT2D eigenvalue weighted by molar-refractivity contribution is 9.10. The van der Waals surface area contributed by atoms with Crippen LogP contribution in [0.4, 0.5) is 4.39 Å². The average molecular weight is 299 g/mol. The Morgan fingerprint density at radius 2 is 2.07 bits per heavy atom. The third-order valence-corrected chi connectivity index (χ3v) is 3.47. The predicted molar refractivity (Wildman–Crippen MR) is 65.4 cm³/mol. The molecule has 0 aliphatic rings. The second kappa shape index (κ2) is 5.68. The lowest BCUT2D eigenvalue weighted by Gasteiger charge is -2.16. The fourth-order valence-corrected chi connectivity index (χ4v) is 1.83. The molecular formula is C10H14BrClFNO. The second-order valence-electron chi connectivity index (χ2n) is 3.33. The van der Waals surface area contributed by atoms with E-state index in [1.807, 2.05) is 13.8 Å². The van der Waals surface area contributed by atoms with Crippen molar-refractivity contribution < 1.29 is 9.50 Å². The number of hydrogen-bond acceptors (Lipinski definition) is 2. The van der Waals surface area contributed by atoms with Crippen LogP contribution >= 0.6 is 28.3 Å². The molecule has 86 valence electrons. The molecule has 0 aromatic heterocycles. The van der Waals surface area contributed by atoms with Crippen LogP contribution in [0, 0.1) is 13.8 Å². The minimum absolute atomic E-state index is 0. The van der Waals surface area contributed by atoms with Crippen LogP contribution in [0.1, 0.15) is 22.7 Å². The average Bonchev–Trinajstić information content (AvgIpc) is 2.14. The molecule has 0 aliphatic heterocycles. The zero-order chi connectivity index (χ0) is 10.9. The molecule has 1 atom stereocenters. The molecular weight excluding hydrogens is 284 g/mol. The maximum Gasteiger partial charge on any atom is 0.121 e. The summed E-state index contributed by atoms with van der Waals surface area (Å²) in [5, 5.41) is 9.63. The SMILES string of the molecule is Cc1cc(O)c([C@H](N)CF)c(C)c1Br.Cl. The molecule has 1 aromatic rings. The van der Waals surface area contributed by atoms with Crippen molar-refractivity contribution in [1.29, 1.82) is 0 Å². The van der Waals surface area contributed by atoms with E-state index in [1.165, 1.54) is 0 Å². The number of rotatable bonds is 2. The van der Waals surface area contributed by atoms with Gasteiger partial charge in [-0.3, -0.25) is 0 Å². The van der Waals surface area contributed by atoms with Gasteiger partial charge in [0.15, 0.2) is 0 Å². The molecule has 0 heterocycles. The number of phenols is 1. The molecule has 1 aromatic carbocycles. The summed E-state index contributed by atoms with van der Waals surface area (Å²) in [6, 6.07) is 0.828. The van der Waals surface area contributed by atoms with Crippen molar-refractivity contribution in [1.82, 2.24) is 0 Å². The van der Waals surface area contributed by atoms with Crippen molar-refractivity contribution in [2.24, 2.45) is 5.73 Å². The van der Waals surface area contributed by atoms with Gasteiger partial charge in [-0.2, -0.15) is 0 Å². The quantitative estimate of drug-likeness (QED) is 0.881. The van der Waals surface area contributed by atoms with Crippen LogP contribution < -0.4 is 5.73 Å². The van der Waals surface area contributed by atoms with Crippen molar-refractivity contribution in [3.05, 3.63) is 27.2 Å². The Morgan fingerprint density at radius 1 is 1.53 bits per heavy atom. The minimum atomic E-state index is -0.758. The second-order valence-corrected chi connectivity index (χ2v) is 4.12. The van der Waals surface area contributed by atoms with Gasteiger partial charge in [0.05, 0.1) is 6.04 Å². The molecule has 5 heteroatoms. The number of hydrogen-bond donors (Lipinski definition) is 2. The van der Waals surface area contributed by atoms with E-state index in [9.17, 15) is 9.50 Å². The Labute approximate surface area is 103 Å². The van der Waals surface area contributed by atoms with E-state index in [1.54, 1.807) is 6.07 Å². The summed E-state index contributed by atoms with van der Waals surface area (Å²) in [5.74, 6) is 0.0633. The van der Waals surface area contributed by atoms with Gasteiger partial charge in [-0.15, -0.1) is 12.4 Å². The first kappa shape index (κ1) is 14.7. The predicted octanol–water partition coefficient (Wildman–Crippen LogP) is 3.16. The number of alkyl halides is 1. The van der Waals surface area contributed by atoms with E-state index in [4.69, 9.17) is 5.73 Å². The van der Waals surface area contributed by atoms with Crippen molar-refractivity contribution in [2.75, 3.05) is 6.67 Å². The Balaban J connectivity index is 0.00000196. The fraction of sp³-hybridized carbons (Fsp3) is 0.400. The smallest absolute Gasteiger partial charge is 0.121 e. The summed E-state index contributed by atoms with van der Waals surface area (Å²) in [5.41, 5.74) is 7.75. The Bertz CT molecular complexity index is 360. The van der Waals surface area contributed by atoms with Gasteiger partial charge in [0.1, 0.15) is 12.4 Å². The highest BCUT2D eigenvalue weighted by atomic mass is 79.9. The van der Waals surface area contributed by atoms with E-state index in [0.29, 0.717) is 5.56 Å². The number of benzene rings is 1. The van der Waals surface area contributed by atoms with Crippen molar-refractivity contribution in [3.8, 4) is 5.75 Å². The molecule has 0 amide bonds. The van der Waals surface area contributed by atoms with Crippen LogP contribution in [0.5, 0.6) is 5.75 Å². The lowest BCUT2D eigenvalue weighted by molar-refractivity contribution is 0.413. The maximum absolute atomic E-state index is 12.4. The van der Waals surface area contributed by atoms with E-state index >= 15 is 0 Å². The van der Waals surface area contributed by atoms with Gasteiger partial charge in [-0.05, 0) is 31.0 Å². The van der Waals surface area contributed by atoms with E-state index in [-0.39, 0.29) is 18.2 Å². The Morgan fingerprint density at radius 3 is 2.53 bits per heavy atom. The number of nitrogens with two attached hydrogens (primary N) is 1. The first-order valence-electron chi connectivity index (χ1n) is 4.29. The van der Waals surface area contributed by atoms with Gasteiger partial charge >= 0.3 is 0 Å². The Hall–Kier alpha value is -0.320. The lowest BCUT2D eigenvalue weighted by Crippen LogP contribution is -2.14. The van der Waals surface area contributed by atoms with E-state index in [0.717, 1.165) is 15.6 Å². The summed E-state index contributed by atoms with van der Waals surface area (Å²) in [6.45, 7) is 2.99. The number of aryl methyl sites for hydroxylation is 1. The Kier molecular flexibility index (Phi) is 5.56. The molecule has 1 rings (SSSR count). The summed E-state index contributed by atoms with van der Waals surface area (Å²) in [4.78, 5) is 0. The van der Waals surface area contributed by atoms with E-state index < -0.39 is 12.7 Å². The number of aromatic hydroxyl groups is 1. The molecule has 3 N–H and O–H groups in total. The van der Waals surface area contributed by atoms with Gasteiger partial charge in [0, 0.05) is 10.0 Å². The van der Waals surface area contributed by atoms with E-state index in [2.05, 4.69) is 15.9 Å². The number of halogens is 3. The molecule has 0 saturated heterocycles. The molecule has 15 heavy (non-hydrogen) atoms. The maximum atomic E-state index is 12.4. The summed E-state index contributed by atoms with van der Waals surface area (Å²) < 4.78 is 13.3. The van der Waals surface area contributed by atoms with Crippen molar-refractivity contribution in [2.45, 2.75) is 19.9 Å². The molecule has 2 nitrogen and oxygen atoms in total. The van der Waals surface area contributed by atoms with Crippen LogP contribution in [-0.4, -0.2) is 11.8 Å². The zero-order valence-corrected chi connectivity index (χ0v) is 11.0. The van der Waals surface area contributed by atoms with Gasteiger partial charge in [0.2, 0.25) is 0 Å². The van der Waals surface area contributed by atoms with Crippen molar-refractivity contribution >= 4 is 28.3 Å². The van der Waals surface area contributed by atoms with Gasteiger partial charge in [-0.25, -0.2) is 4.39 Å². The molecule has 0 radical (unpaired) electrons. The zero-order valence-electron chi connectivity index (χ0n) is 8.55. The molecule has 0 fully saturated rings. The van der Waals surface area contributed by atoms with Gasteiger partial charge < -0.3 is 10.8 Å². The third kappa shape index (κ3) is 2.83. The summed E-state index contributed by atoms with van der Waals surface area (Å²) in [6.07, 6.45) is 0. The summed E-state index contributed by atoms with van der Waals surface area (Å²) in [7, 11) is 0. The molecule has 0 bridgehead atoms. The first-order valence-corrected chi connectivity index (χ1v) is 5.08. The number of phenolic OH excluding ortho intramolecular Hbond substituents is 1. The molecule has 0 spiro atoms. The van der Waals surface area contributed by atoms with Crippen molar-refractivity contribution in [3.63, 3.8) is 0 Å². The van der Waals surface area contributed by atoms with Gasteiger partial charge in [0.25, 0.3) is 0 Å². The first-order chi connectivity index (χ1) is 6.49. The van der Waals surface area contributed by atoms with Crippen LogP contribution in [0.25, 0.3) is 0 Å². The third-order valence-electron chi connectivity index (χ3n) is 2.25. The minimum Gasteiger partial charge on any atom is -0.508 e. The molecule has 0 unspecified atom stereocenters. The normalized spacial score (nSPS) is 12.1. The van der Waals surface area contributed by atoms with Crippen LogP contribution in [0.15, 0.2) is 10.5 Å². The lowest BCUT2D eigenvalue weighted by atomic mass is 9.99. The van der Waals surface area contributed by atoms with Crippen LogP contribution in [0.3, 0.4) is 0 Å². The van der Waals surface area contributed by atoms with Gasteiger partial charge in [-0.1, -0.05) is 15.9 Å². The molecule has 0 aliphatic carbocycles. The van der Waals surface area contributed by atoms with Crippen LogP contribution in [0.2, 0.25) is 0 Å². The van der Waals surface area contributed by atoms with Crippen LogP contribution in [-0.2, 0) is 0 Å². The highest BCUT2D eigenvalue weighted by Gasteiger charge is 2.16. The highest BCUT2D eigenvalue weighted by Crippen LogP contribution is 2.34. The monoisotopic (exact) mass is 297 g/mol. The largest absolute Gasteiger partial charge is 0.508 e. The fourth-order valence-electron chi connectivity index (χ4n) is 1.50. The topological polar surface area (TPSA) is 46.2 Å². The molecule has 0 saturated carbocycles. The summed E-state index contributed by atoms with van der Waals surface area (Å²) >= 11 is 3.37.